The molecule has 2 aliphatic carbocycles. The lowest BCUT2D eigenvalue weighted by atomic mass is 9.79. The van der Waals surface area contributed by atoms with Gasteiger partial charge in [0, 0.05) is 12.6 Å². The molecule has 0 aliphatic heterocycles. The number of hydrogen-bond donors (Lipinski definition) is 2. The Hall–Kier alpha value is -0.0800. The van der Waals surface area contributed by atoms with Gasteiger partial charge in [0.2, 0.25) is 0 Å². The van der Waals surface area contributed by atoms with E-state index in [2.05, 4.69) is 12.2 Å². The average Bonchev–Trinajstić information content (AvgIpc) is 3.10. The van der Waals surface area contributed by atoms with Gasteiger partial charge in [0.15, 0.2) is 0 Å². The third kappa shape index (κ3) is 3.18. The van der Waals surface area contributed by atoms with Crippen molar-refractivity contribution < 1.29 is 5.11 Å². The topological polar surface area (TPSA) is 32.3 Å². The van der Waals surface area contributed by atoms with Crippen LogP contribution in [0.3, 0.4) is 0 Å². The maximum atomic E-state index is 9.32. The smallest absolute Gasteiger partial charge is 0.0462 e. The Morgan fingerprint density at radius 2 is 1.80 bits per heavy atom. The van der Waals surface area contributed by atoms with Crippen LogP contribution in [0.15, 0.2) is 0 Å². The van der Waals surface area contributed by atoms with Crippen LogP contribution in [-0.2, 0) is 0 Å². The molecule has 0 heterocycles. The van der Waals surface area contributed by atoms with E-state index in [9.17, 15) is 5.11 Å². The molecule has 2 N–H and O–H groups in total. The highest BCUT2D eigenvalue weighted by molar-refractivity contribution is 4.85. The predicted molar refractivity (Wildman–Crippen MR) is 62.7 cm³/mol. The highest BCUT2D eigenvalue weighted by Crippen LogP contribution is 2.33. The van der Waals surface area contributed by atoms with E-state index in [0.717, 1.165) is 18.4 Å². The van der Waals surface area contributed by atoms with Crippen LogP contribution in [0.2, 0.25) is 0 Å². The molecule has 2 saturated carbocycles. The third-order valence-electron chi connectivity index (χ3n) is 4.33. The van der Waals surface area contributed by atoms with E-state index < -0.39 is 0 Å². The molecule has 2 fully saturated rings. The van der Waals surface area contributed by atoms with E-state index in [1.54, 1.807) is 0 Å². The van der Waals surface area contributed by atoms with Crippen molar-refractivity contribution in [2.45, 2.75) is 51.5 Å². The van der Waals surface area contributed by atoms with Gasteiger partial charge in [-0.25, -0.2) is 0 Å². The molecular formula is C13H25NO. The summed E-state index contributed by atoms with van der Waals surface area (Å²) in [6, 6.07) is 0.700. The van der Waals surface area contributed by atoms with Gasteiger partial charge < -0.3 is 10.4 Å². The Morgan fingerprint density at radius 1 is 1.13 bits per heavy atom. The van der Waals surface area contributed by atoms with E-state index in [1.165, 1.54) is 38.5 Å². The van der Waals surface area contributed by atoms with Crippen LogP contribution in [0, 0.1) is 17.8 Å². The second kappa shape index (κ2) is 5.31. The van der Waals surface area contributed by atoms with Crippen LogP contribution in [0.1, 0.15) is 45.4 Å². The van der Waals surface area contributed by atoms with Crippen molar-refractivity contribution in [2.24, 2.45) is 17.8 Å². The van der Waals surface area contributed by atoms with Crippen molar-refractivity contribution in [2.75, 3.05) is 13.2 Å². The van der Waals surface area contributed by atoms with Crippen molar-refractivity contribution in [1.82, 2.24) is 5.32 Å². The molecule has 0 aromatic rings. The van der Waals surface area contributed by atoms with E-state index in [4.69, 9.17) is 0 Å². The first-order valence-corrected chi connectivity index (χ1v) is 6.65. The monoisotopic (exact) mass is 211 g/mol. The number of nitrogens with one attached hydrogen (secondary N) is 1. The maximum Gasteiger partial charge on any atom is 0.0462 e. The first-order valence-electron chi connectivity index (χ1n) is 6.65. The van der Waals surface area contributed by atoms with Crippen LogP contribution in [-0.4, -0.2) is 24.3 Å². The Labute approximate surface area is 93.5 Å². The maximum absolute atomic E-state index is 9.32. The molecule has 2 rings (SSSR count). The highest BCUT2D eigenvalue weighted by atomic mass is 16.3. The minimum Gasteiger partial charge on any atom is -0.396 e. The summed E-state index contributed by atoms with van der Waals surface area (Å²) in [4.78, 5) is 0. The standard InChI is InChI=1S/C13H25NO/c1-10(11-6-7-11)14-8-12-4-2-3-5-13(12)9-15/h10-15H,2-9H2,1H3. The number of aliphatic hydroxyl groups is 1. The van der Waals surface area contributed by atoms with Gasteiger partial charge in [0.05, 0.1) is 0 Å². The molecule has 15 heavy (non-hydrogen) atoms. The van der Waals surface area contributed by atoms with Crippen LogP contribution in [0.5, 0.6) is 0 Å². The van der Waals surface area contributed by atoms with Crippen LogP contribution in [0.4, 0.5) is 0 Å². The Balaban J connectivity index is 1.71. The molecule has 0 aromatic carbocycles. The minimum absolute atomic E-state index is 0.393. The first-order chi connectivity index (χ1) is 7.31. The lowest BCUT2D eigenvalue weighted by Gasteiger charge is -2.31. The zero-order valence-electron chi connectivity index (χ0n) is 9.91. The fraction of sp³-hybridized carbons (Fsp3) is 1.00. The van der Waals surface area contributed by atoms with Gasteiger partial charge in [0.25, 0.3) is 0 Å². The second-order valence-corrected chi connectivity index (χ2v) is 5.52. The Bertz CT molecular complexity index is 191. The summed E-state index contributed by atoms with van der Waals surface area (Å²) in [5.41, 5.74) is 0. The SMILES string of the molecule is CC(NCC1CCCCC1CO)C1CC1. The normalized spacial score (nSPS) is 34.0. The van der Waals surface area contributed by atoms with Crippen molar-refractivity contribution in [3.05, 3.63) is 0 Å². The van der Waals surface area contributed by atoms with Crippen LogP contribution >= 0.6 is 0 Å². The van der Waals surface area contributed by atoms with E-state index >= 15 is 0 Å². The molecule has 0 aromatic heterocycles. The second-order valence-electron chi connectivity index (χ2n) is 5.52. The highest BCUT2D eigenvalue weighted by Gasteiger charge is 2.29. The van der Waals surface area contributed by atoms with Crippen LogP contribution in [0.25, 0.3) is 0 Å². The fourth-order valence-electron chi connectivity index (χ4n) is 2.89. The summed E-state index contributed by atoms with van der Waals surface area (Å²) < 4.78 is 0. The third-order valence-corrected chi connectivity index (χ3v) is 4.33. The quantitative estimate of drug-likeness (QED) is 0.730. The van der Waals surface area contributed by atoms with Crippen molar-refractivity contribution >= 4 is 0 Å². The van der Waals surface area contributed by atoms with E-state index in [1.807, 2.05) is 0 Å². The molecule has 0 amide bonds. The molecule has 0 saturated heterocycles. The summed E-state index contributed by atoms with van der Waals surface area (Å²) in [5.74, 6) is 2.24. The number of hydrogen-bond acceptors (Lipinski definition) is 2. The molecule has 3 atom stereocenters. The molecular weight excluding hydrogens is 186 g/mol. The van der Waals surface area contributed by atoms with E-state index in [0.29, 0.717) is 18.6 Å². The lowest BCUT2D eigenvalue weighted by Crippen LogP contribution is -2.37. The van der Waals surface area contributed by atoms with Gasteiger partial charge in [-0.3, -0.25) is 0 Å². The molecule has 2 nitrogen and oxygen atoms in total. The average molecular weight is 211 g/mol. The zero-order valence-corrected chi connectivity index (χ0v) is 9.91. The number of rotatable bonds is 5. The molecule has 0 bridgehead atoms. The number of aliphatic hydroxyl groups excluding tert-OH is 1. The van der Waals surface area contributed by atoms with Gasteiger partial charge in [-0.15, -0.1) is 0 Å². The summed E-state index contributed by atoms with van der Waals surface area (Å²) in [6.07, 6.45) is 8.07. The molecule has 0 spiro atoms. The van der Waals surface area contributed by atoms with Crippen molar-refractivity contribution in [1.29, 1.82) is 0 Å². The van der Waals surface area contributed by atoms with Crippen molar-refractivity contribution in [3.8, 4) is 0 Å². The largest absolute Gasteiger partial charge is 0.396 e. The van der Waals surface area contributed by atoms with E-state index in [-0.39, 0.29) is 0 Å². The molecule has 3 unspecified atom stereocenters. The van der Waals surface area contributed by atoms with Crippen molar-refractivity contribution in [3.63, 3.8) is 0 Å². The zero-order chi connectivity index (χ0) is 10.7. The first kappa shape index (κ1) is 11.4. The fourth-order valence-corrected chi connectivity index (χ4v) is 2.89. The minimum atomic E-state index is 0.393. The van der Waals surface area contributed by atoms with Gasteiger partial charge >= 0.3 is 0 Å². The molecule has 88 valence electrons. The summed E-state index contributed by atoms with van der Waals surface area (Å²) in [5, 5.41) is 13.0. The molecule has 0 radical (unpaired) electrons. The molecule has 2 aliphatic rings. The Morgan fingerprint density at radius 3 is 2.40 bits per heavy atom. The summed E-state index contributed by atoms with van der Waals surface area (Å²) in [7, 11) is 0. The Kier molecular flexibility index (Phi) is 4.04. The lowest BCUT2D eigenvalue weighted by molar-refractivity contribution is 0.131. The van der Waals surface area contributed by atoms with Crippen LogP contribution < -0.4 is 5.32 Å². The van der Waals surface area contributed by atoms with Gasteiger partial charge in [-0.1, -0.05) is 12.8 Å². The van der Waals surface area contributed by atoms with Gasteiger partial charge in [-0.05, 0) is 56.9 Å². The van der Waals surface area contributed by atoms with Gasteiger partial charge in [-0.2, -0.15) is 0 Å². The summed E-state index contributed by atoms with van der Waals surface area (Å²) >= 11 is 0. The van der Waals surface area contributed by atoms with Gasteiger partial charge in [0.1, 0.15) is 0 Å². The molecule has 2 heteroatoms. The summed E-state index contributed by atoms with van der Waals surface area (Å²) in [6.45, 7) is 3.83. The predicted octanol–water partition coefficient (Wildman–Crippen LogP) is 2.17.